The van der Waals surface area contributed by atoms with Gasteiger partial charge >= 0.3 is 11.9 Å². The molecule has 0 spiro atoms. The van der Waals surface area contributed by atoms with Crippen LogP contribution in [0.25, 0.3) is 0 Å². The van der Waals surface area contributed by atoms with E-state index in [0.29, 0.717) is 12.8 Å². The van der Waals surface area contributed by atoms with Gasteiger partial charge in [0.1, 0.15) is 43.2 Å². The molecule has 0 saturated heterocycles. The minimum absolute atomic E-state index is 0.0163. The molecule has 4 N–H and O–H groups in total. The van der Waals surface area contributed by atoms with E-state index in [-0.39, 0.29) is 12.8 Å². The number of ether oxygens (including phenoxy) is 2. The van der Waals surface area contributed by atoms with Gasteiger partial charge < -0.3 is 62.7 Å². The van der Waals surface area contributed by atoms with Gasteiger partial charge in [-0.05, 0) is 12.8 Å². The van der Waals surface area contributed by atoms with Crippen molar-refractivity contribution in [1.29, 1.82) is 0 Å². The molecule has 1 rings (SSSR count). The molecule has 1 unspecified atom stereocenters. The molecular weight excluding hydrogens is 618 g/mol. The zero-order valence-corrected chi connectivity index (χ0v) is 26.3. The van der Waals surface area contributed by atoms with Gasteiger partial charge in [0.25, 0.3) is 7.82 Å². The fourth-order valence-corrected chi connectivity index (χ4v) is 5.80. The zero-order chi connectivity index (χ0) is 32.6. The molecule has 1 aliphatic carbocycles. The first-order chi connectivity index (χ1) is 20.1. The number of hydrogen-bond acceptors (Lipinski definition) is 16. The average molecular weight is 664 g/mol. The highest BCUT2D eigenvalue weighted by molar-refractivity contribution is 7.45. The Hall–Kier alpha value is -1.00. The van der Waals surface area contributed by atoms with E-state index < -0.39 is 83.5 Å². The van der Waals surface area contributed by atoms with Crippen molar-refractivity contribution in [3.63, 3.8) is 0 Å². The number of phosphoric ester groups is 2. The molecule has 0 aromatic rings. The Morgan fingerprint density at radius 2 is 1.16 bits per heavy atom. The van der Waals surface area contributed by atoms with Crippen molar-refractivity contribution in [2.75, 3.05) is 13.2 Å². The normalized spacial score (nSPS) is 26.4. The van der Waals surface area contributed by atoms with Crippen molar-refractivity contribution in [1.82, 2.24) is 0 Å². The molecule has 0 aromatic heterocycles. The van der Waals surface area contributed by atoms with Crippen LogP contribution in [0.4, 0.5) is 0 Å². The lowest BCUT2D eigenvalue weighted by molar-refractivity contribution is -0.353. The maximum absolute atomic E-state index is 12.5. The molecule has 0 radical (unpaired) electrons. The number of rotatable bonds is 22. The number of carbonyl (C=O) groups excluding carboxylic acids is 2. The third kappa shape index (κ3) is 16.2. The molecule has 43 heavy (non-hydrogen) atoms. The molecule has 0 heterocycles. The maximum Gasteiger partial charge on any atom is 0.306 e. The molecule has 1 saturated carbocycles. The van der Waals surface area contributed by atoms with E-state index in [2.05, 4.69) is 16.0 Å². The Labute approximate surface area is 251 Å². The standard InChI is InChI=1S/C25H48O16P2/c1-3-5-7-9-11-13-18(26)37-15-17(39-19(27)14-12-10-8-6-4-2)16-38-43(35,36)41-25-22(30)20(28)21(29)24(23(25)31)40-42(32,33)34/h17,20-25,28-31H,3-16H2,1-2H3,(H,35,36)(H2,32,33,34)/p-3/t17-,20-,21-,22-,23-,24+,25-/m1/s1. The highest BCUT2D eigenvalue weighted by Gasteiger charge is 2.51. The van der Waals surface area contributed by atoms with Crippen LogP contribution >= 0.6 is 15.6 Å². The van der Waals surface area contributed by atoms with Crippen molar-refractivity contribution in [2.45, 2.75) is 134 Å². The van der Waals surface area contributed by atoms with Crippen LogP contribution in [-0.4, -0.2) is 88.3 Å². The van der Waals surface area contributed by atoms with Crippen LogP contribution in [0.15, 0.2) is 0 Å². The van der Waals surface area contributed by atoms with Gasteiger partial charge in [-0.2, -0.15) is 0 Å². The quantitative estimate of drug-likeness (QED) is 0.0658. The molecule has 0 bridgehead atoms. The summed E-state index contributed by atoms with van der Waals surface area (Å²) in [6, 6.07) is 0. The molecule has 0 aliphatic heterocycles. The van der Waals surface area contributed by atoms with Crippen molar-refractivity contribution < 1.29 is 76.9 Å². The fourth-order valence-electron chi connectivity index (χ4n) is 4.30. The number of carbonyl (C=O) groups is 2. The Kier molecular flexibility index (Phi) is 18.8. The van der Waals surface area contributed by atoms with Gasteiger partial charge in [-0.15, -0.1) is 0 Å². The minimum atomic E-state index is -5.85. The number of aliphatic hydroxyl groups excluding tert-OH is 4. The Morgan fingerprint density at radius 3 is 1.67 bits per heavy atom. The van der Waals surface area contributed by atoms with Crippen molar-refractivity contribution in [3.05, 3.63) is 0 Å². The smallest absolute Gasteiger partial charge is 0.306 e. The van der Waals surface area contributed by atoms with Gasteiger partial charge in [0.15, 0.2) is 6.10 Å². The Balaban J connectivity index is 2.84. The number of aliphatic hydroxyl groups is 4. The number of esters is 2. The van der Waals surface area contributed by atoms with Crippen molar-refractivity contribution in [2.24, 2.45) is 0 Å². The van der Waals surface area contributed by atoms with E-state index in [1.807, 2.05) is 6.92 Å². The number of phosphoric acid groups is 2. The second-order valence-electron chi connectivity index (χ2n) is 10.4. The highest BCUT2D eigenvalue weighted by Crippen LogP contribution is 2.44. The van der Waals surface area contributed by atoms with Crippen LogP contribution in [0.5, 0.6) is 0 Å². The molecule has 1 fully saturated rings. The van der Waals surface area contributed by atoms with Gasteiger partial charge in [-0.3, -0.25) is 14.2 Å². The third-order valence-corrected chi connectivity index (χ3v) is 8.13. The average Bonchev–Trinajstić information content (AvgIpc) is 2.93. The molecule has 254 valence electrons. The SMILES string of the molecule is CCCCCCCC(=O)OC[C@H](COP(=O)([O-])O[C@H]1[C@H](O)[C@@H](OP(=O)([O-])[O-])[C@H](O)[C@@H](O)[C@H]1O)OC(=O)CCCCCCC. The monoisotopic (exact) mass is 663 g/mol. The minimum Gasteiger partial charge on any atom is -0.790 e. The molecule has 0 aromatic carbocycles. The summed E-state index contributed by atoms with van der Waals surface area (Å²) in [7, 11) is -11.4. The summed E-state index contributed by atoms with van der Waals surface area (Å²) >= 11 is 0. The summed E-state index contributed by atoms with van der Waals surface area (Å²) in [5.41, 5.74) is 0. The van der Waals surface area contributed by atoms with E-state index in [0.717, 1.165) is 51.4 Å². The first-order valence-electron chi connectivity index (χ1n) is 14.5. The molecule has 18 heteroatoms. The van der Waals surface area contributed by atoms with E-state index in [9.17, 15) is 53.8 Å². The molecule has 8 atom stereocenters. The number of hydrogen-bond donors (Lipinski definition) is 4. The lowest BCUT2D eigenvalue weighted by atomic mass is 9.85. The predicted octanol–water partition coefficient (Wildman–Crippen LogP) is -0.296. The lowest BCUT2D eigenvalue weighted by Gasteiger charge is -2.47. The summed E-state index contributed by atoms with van der Waals surface area (Å²) < 4.78 is 47.3. The van der Waals surface area contributed by atoms with Gasteiger partial charge in [-0.1, -0.05) is 65.2 Å². The van der Waals surface area contributed by atoms with Crippen LogP contribution in [0.2, 0.25) is 0 Å². The first-order valence-corrected chi connectivity index (χ1v) is 17.5. The summed E-state index contributed by atoms with van der Waals surface area (Å²) in [5, 5.41) is 40.3. The number of unbranched alkanes of at least 4 members (excludes halogenated alkanes) is 8. The van der Waals surface area contributed by atoms with E-state index in [1.54, 1.807) is 0 Å². The van der Waals surface area contributed by atoms with Crippen molar-refractivity contribution >= 4 is 27.6 Å². The molecule has 1 aliphatic rings. The summed E-state index contributed by atoms with van der Waals surface area (Å²) in [4.78, 5) is 59.0. The summed E-state index contributed by atoms with van der Waals surface area (Å²) in [6.07, 6.45) is -6.72. The van der Waals surface area contributed by atoms with Gasteiger partial charge in [0, 0.05) is 12.8 Å². The topological polar surface area (TPSA) is 265 Å². The zero-order valence-electron chi connectivity index (χ0n) is 24.5. The van der Waals surface area contributed by atoms with Crippen LogP contribution in [0.1, 0.15) is 90.9 Å². The second-order valence-corrected chi connectivity index (χ2v) is 12.9. The van der Waals surface area contributed by atoms with Crippen LogP contribution in [0.3, 0.4) is 0 Å². The van der Waals surface area contributed by atoms with Crippen LogP contribution in [0, 0.1) is 0 Å². The predicted molar refractivity (Wildman–Crippen MR) is 143 cm³/mol. The van der Waals surface area contributed by atoms with Gasteiger partial charge in [0.2, 0.25) is 0 Å². The second kappa shape index (κ2) is 20.2. The van der Waals surface area contributed by atoms with Gasteiger partial charge in [-0.25, -0.2) is 0 Å². The third-order valence-electron chi connectivity index (χ3n) is 6.66. The Bertz CT molecular complexity index is 914. The molecular formula is C25H45O16P2-3. The molecule has 16 nitrogen and oxygen atoms in total. The van der Waals surface area contributed by atoms with Crippen LogP contribution < -0.4 is 14.7 Å². The Morgan fingerprint density at radius 1 is 0.674 bits per heavy atom. The van der Waals surface area contributed by atoms with E-state index in [1.165, 1.54) is 0 Å². The van der Waals surface area contributed by atoms with Crippen molar-refractivity contribution in [3.8, 4) is 0 Å². The van der Waals surface area contributed by atoms with E-state index >= 15 is 0 Å². The summed E-state index contributed by atoms with van der Waals surface area (Å²) in [6.45, 7) is 2.63. The largest absolute Gasteiger partial charge is 0.790 e. The summed E-state index contributed by atoms with van der Waals surface area (Å²) in [5.74, 6) is -1.29. The lowest BCUT2D eigenvalue weighted by Crippen LogP contribution is -2.65. The van der Waals surface area contributed by atoms with E-state index in [4.69, 9.17) is 14.0 Å². The first kappa shape index (κ1) is 40.0. The maximum atomic E-state index is 12.5. The molecule has 0 amide bonds. The fraction of sp³-hybridized carbons (Fsp3) is 0.920. The highest BCUT2D eigenvalue weighted by atomic mass is 31.2. The van der Waals surface area contributed by atoms with Gasteiger partial charge in [0.05, 0.1) is 14.4 Å². The van der Waals surface area contributed by atoms with Crippen LogP contribution in [-0.2, 0) is 41.8 Å².